The second kappa shape index (κ2) is 6.91. The molecule has 2 aromatic rings. The van der Waals surface area contributed by atoms with E-state index in [1.54, 1.807) is 17.0 Å². The number of likely N-dealkylation sites (tertiary alicyclic amines) is 1. The van der Waals surface area contributed by atoms with Crippen molar-refractivity contribution in [1.82, 2.24) is 4.90 Å². The van der Waals surface area contributed by atoms with Gasteiger partial charge < -0.3 is 14.1 Å². The summed E-state index contributed by atoms with van der Waals surface area (Å²) in [5.41, 5.74) is 0.180. The lowest BCUT2D eigenvalue weighted by Crippen LogP contribution is -2.43. The molecule has 3 rings (SSSR count). The maximum atomic E-state index is 13.6. The van der Waals surface area contributed by atoms with Crippen LogP contribution >= 0.6 is 0 Å². The van der Waals surface area contributed by atoms with Crippen LogP contribution in [0.1, 0.15) is 29.0 Å². The molecule has 1 aromatic carbocycles. The molecule has 0 aliphatic carbocycles. The molecule has 0 saturated carbocycles. The Labute approximate surface area is 132 Å². The number of furan rings is 1. The van der Waals surface area contributed by atoms with E-state index in [1.165, 1.54) is 6.26 Å². The second-order valence-electron chi connectivity index (χ2n) is 5.54. The van der Waals surface area contributed by atoms with E-state index in [0.29, 0.717) is 18.8 Å². The number of rotatable bonds is 4. The number of hydrogen-bond acceptors (Lipinski definition) is 3. The summed E-state index contributed by atoms with van der Waals surface area (Å²) in [6, 6.07) is 6.57. The van der Waals surface area contributed by atoms with Crippen molar-refractivity contribution < 1.29 is 22.7 Å². The molecular formula is C17H17F2NO3. The van der Waals surface area contributed by atoms with E-state index in [9.17, 15) is 13.6 Å². The van der Waals surface area contributed by atoms with Crippen LogP contribution in [0.3, 0.4) is 0 Å². The minimum atomic E-state index is -0.497. The zero-order chi connectivity index (χ0) is 16.2. The number of carbonyl (C=O) groups is 1. The number of hydrogen-bond donors (Lipinski definition) is 0. The van der Waals surface area contributed by atoms with Gasteiger partial charge in [0.2, 0.25) is 0 Å². The smallest absolute Gasteiger partial charge is 0.289 e. The lowest BCUT2D eigenvalue weighted by atomic mass is 10.1. The van der Waals surface area contributed by atoms with Gasteiger partial charge >= 0.3 is 0 Å². The number of nitrogens with zero attached hydrogens (tertiary/aromatic N) is 1. The Morgan fingerprint density at radius 1 is 1.35 bits per heavy atom. The maximum absolute atomic E-state index is 13.6. The van der Waals surface area contributed by atoms with Gasteiger partial charge in [-0.25, -0.2) is 8.78 Å². The van der Waals surface area contributed by atoms with E-state index in [4.69, 9.17) is 9.15 Å². The van der Waals surface area contributed by atoms with Crippen LogP contribution in [0.5, 0.6) is 0 Å². The van der Waals surface area contributed by atoms with Crippen LogP contribution in [0.4, 0.5) is 8.78 Å². The van der Waals surface area contributed by atoms with E-state index >= 15 is 0 Å². The van der Waals surface area contributed by atoms with Crippen LogP contribution in [0.15, 0.2) is 41.0 Å². The molecule has 1 saturated heterocycles. The largest absolute Gasteiger partial charge is 0.459 e. The van der Waals surface area contributed by atoms with Gasteiger partial charge in [-0.1, -0.05) is 0 Å². The SMILES string of the molecule is O=C(c1ccco1)N1CCC[C@@H](OCc2cc(F)ccc2F)C1. The van der Waals surface area contributed by atoms with E-state index in [2.05, 4.69) is 0 Å². The molecule has 4 nitrogen and oxygen atoms in total. The fourth-order valence-electron chi connectivity index (χ4n) is 2.68. The number of halogens is 2. The van der Waals surface area contributed by atoms with Gasteiger partial charge in [0.1, 0.15) is 11.6 Å². The van der Waals surface area contributed by atoms with Crippen molar-refractivity contribution >= 4 is 5.91 Å². The second-order valence-corrected chi connectivity index (χ2v) is 5.54. The minimum absolute atomic E-state index is 0.0168. The van der Waals surface area contributed by atoms with Crippen LogP contribution in [-0.4, -0.2) is 30.0 Å². The summed E-state index contributed by atoms with van der Waals surface area (Å²) in [5.74, 6) is -0.879. The van der Waals surface area contributed by atoms with Crippen LogP contribution in [0, 0.1) is 11.6 Å². The lowest BCUT2D eigenvalue weighted by Gasteiger charge is -2.32. The summed E-state index contributed by atoms with van der Waals surface area (Å²) in [6.07, 6.45) is 2.82. The third-order valence-corrected chi connectivity index (χ3v) is 3.88. The highest BCUT2D eigenvalue weighted by atomic mass is 19.1. The number of piperidine rings is 1. The van der Waals surface area contributed by atoms with Gasteiger partial charge in [-0.15, -0.1) is 0 Å². The fourth-order valence-corrected chi connectivity index (χ4v) is 2.68. The highest BCUT2D eigenvalue weighted by Crippen LogP contribution is 2.19. The number of carbonyl (C=O) groups excluding carboxylic acids is 1. The first-order valence-electron chi connectivity index (χ1n) is 7.52. The van der Waals surface area contributed by atoms with Crippen LogP contribution in [0.25, 0.3) is 0 Å². The molecule has 6 heteroatoms. The van der Waals surface area contributed by atoms with Crippen LogP contribution < -0.4 is 0 Å². The predicted molar refractivity (Wildman–Crippen MR) is 78.8 cm³/mol. The molecule has 1 aromatic heterocycles. The van der Waals surface area contributed by atoms with E-state index in [-0.39, 0.29) is 24.2 Å². The summed E-state index contributed by atoms with van der Waals surface area (Å²) in [5, 5.41) is 0. The molecule has 122 valence electrons. The molecule has 0 spiro atoms. The Kier molecular flexibility index (Phi) is 4.71. The molecule has 1 aliphatic rings. The Balaban J connectivity index is 1.58. The van der Waals surface area contributed by atoms with E-state index < -0.39 is 11.6 Å². The molecule has 0 unspecified atom stereocenters. The van der Waals surface area contributed by atoms with Gasteiger partial charge in [-0.3, -0.25) is 4.79 Å². The molecule has 1 aliphatic heterocycles. The molecule has 1 amide bonds. The topological polar surface area (TPSA) is 42.7 Å². The molecule has 2 heterocycles. The van der Waals surface area contributed by atoms with Gasteiger partial charge in [0.15, 0.2) is 5.76 Å². The lowest BCUT2D eigenvalue weighted by molar-refractivity contribution is -0.00848. The highest BCUT2D eigenvalue weighted by molar-refractivity contribution is 5.91. The standard InChI is InChI=1S/C17H17F2NO3/c18-13-5-6-15(19)12(9-13)11-23-14-3-1-7-20(10-14)17(21)16-4-2-8-22-16/h2,4-6,8-9,14H,1,3,7,10-11H2/t14-/m1/s1. The third-order valence-electron chi connectivity index (χ3n) is 3.88. The van der Waals surface area contributed by atoms with Crippen LogP contribution in [0.2, 0.25) is 0 Å². The van der Waals surface area contributed by atoms with Gasteiger partial charge in [0.05, 0.1) is 19.0 Å². The van der Waals surface area contributed by atoms with Crippen molar-refractivity contribution in [3.8, 4) is 0 Å². The Hall–Kier alpha value is -2.21. The molecule has 0 radical (unpaired) electrons. The van der Waals surface area contributed by atoms with Crippen LogP contribution in [-0.2, 0) is 11.3 Å². The first kappa shape index (κ1) is 15.7. The van der Waals surface area contributed by atoms with Crippen molar-refractivity contribution in [1.29, 1.82) is 0 Å². The molecule has 1 atom stereocenters. The zero-order valence-electron chi connectivity index (χ0n) is 12.5. The quantitative estimate of drug-likeness (QED) is 0.867. The summed E-state index contributed by atoms with van der Waals surface area (Å²) in [7, 11) is 0. The minimum Gasteiger partial charge on any atom is -0.459 e. The van der Waals surface area contributed by atoms with Crippen molar-refractivity contribution in [3.63, 3.8) is 0 Å². The number of benzene rings is 1. The normalized spacial score (nSPS) is 18.2. The van der Waals surface area contributed by atoms with Crippen molar-refractivity contribution in [2.45, 2.75) is 25.6 Å². The first-order chi connectivity index (χ1) is 11.1. The third kappa shape index (κ3) is 3.76. The van der Waals surface area contributed by atoms with Gasteiger partial charge in [0.25, 0.3) is 5.91 Å². The molecule has 0 N–H and O–H groups in total. The number of amides is 1. The highest BCUT2D eigenvalue weighted by Gasteiger charge is 2.26. The molecule has 1 fully saturated rings. The average molecular weight is 321 g/mol. The zero-order valence-corrected chi connectivity index (χ0v) is 12.5. The average Bonchev–Trinajstić information content (AvgIpc) is 3.10. The van der Waals surface area contributed by atoms with Gasteiger partial charge in [-0.2, -0.15) is 0 Å². The van der Waals surface area contributed by atoms with Crippen molar-refractivity contribution in [2.75, 3.05) is 13.1 Å². The summed E-state index contributed by atoms with van der Waals surface area (Å²) in [4.78, 5) is 13.9. The Morgan fingerprint density at radius 2 is 2.22 bits per heavy atom. The monoisotopic (exact) mass is 321 g/mol. The Bertz CT molecular complexity index is 672. The van der Waals surface area contributed by atoms with Crippen molar-refractivity contribution in [3.05, 3.63) is 59.6 Å². The van der Waals surface area contributed by atoms with Gasteiger partial charge in [-0.05, 0) is 43.2 Å². The first-order valence-corrected chi connectivity index (χ1v) is 7.52. The molecular weight excluding hydrogens is 304 g/mol. The van der Waals surface area contributed by atoms with Gasteiger partial charge in [0, 0.05) is 18.7 Å². The molecule has 0 bridgehead atoms. The maximum Gasteiger partial charge on any atom is 0.289 e. The molecule has 23 heavy (non-hydrogen) atoms. The summed E-state index contributed by atoms with van der Waals surface area (Å²) >= 11 is 0. The van der Waals surface area contributed by atoms with E-state index in [1.807, 2.05) is 0 Å². The summed E-state index contributed by atoms with van der Waals surface area (Å²) < 4.78 is 37.5. The summed E-state index contributed by atoms with van der Waals surface area (Å²) in [6.45, 7) is 1.03. The van der Waals surface area contributed by atoms with Crippen molar-refractivity contribution in [2.24, 2.45) is 0 Å². The van der Waals surface area contributed by atoms with E-state index in [0.717, 1.165) is 31.0 Å². The predicted octanol–water partition coefficient (Wildman–Crippen LogP) is 3.38. The Morgan fingerprint density at radius 3 is 3.00 bits per heavy atom. The number of ether oxygens (including phenoxy) is 1. The fraction of sp³-hybridized carbons (Fsp3) is 0.353.